The van der Waals surface area contributed by atoms with Crippen LogP contribution in [0.1, 0.15) is 27.0 Å². The highest BCUT2D eigenvalue weighted by Gasteiger charge is 2.15. The summed E-state index contributed by atoms with van der Waals surface area (Å²) in [5.41, 5.74) is 2.56. The second-order valence-electron chi connectivity index (χ2n) is 6.30. The largest absolute Gasteiger partial charge is 0.491 e. The van der Waals surface area contributed by atoms with Gasteiger partial charge in [-0.1, -0.05) is 17.7 Å². The third-order valence-corrected chi connectivity index (χ3v) is 3.98. The number of rotatable bonds is 8. The molecule has 0 heterocycles. The summed E-state index contributed by atoms with van der Waals surface area (Å²) >= 11 is 0. The molecule has 0 aromatic heterocycles. The molecule has 0 fully saturated rings. The van der Waals surface area contributed by atoms with Crippen molar-refractivity contribution in [1.29, 1.82) is 0 Å². The van der Waals surface area contributed by atoms with Crippen LogP contribution in [0.4, 0.5) is 5.69 Å². The van der Waals surface area contributed by atoms with Crippen LogP contribution < -0.4 is 10.1 Å². The maximum Gasteiger partial charge on any atom is 0.338 e. The number of hydrogen-bond donors (Lipinski definition) is 1. The molecule has 28 heavy (non-hydrogen) atoms. The Labute approximate surface area is 162 Å². The fraction of sp³-hybridized carbons (Fsp3) is 0.300. The standard InChI is InChI=1S/C20H22N2O6/c1-13-4-7-18(15(3)10-13)27-9-8-21-19(23)12-28-20(24)16-5-6-17(22(25)26)14(2)11-16/h4-7,10-11H,8-9,12H2,1-3H3,(H,21,23). The molecule has 0 saturated heterocycles. The van der Waals surface area contributed by atoms with Crippen molar-refractivity contribution in [3.05, 3.63) is 68.8 Å². The van der Waals surface area contributed by atoms with Crippen molar-refractivity contribution >= 4 is 17.6 Å². The second-order valence-corrected chi connectivity index (χ2v) is 6.30. The third kappa shape index (κ3) is 5.80. The van der Waals surface area contributed by atoms with Crippen molar-refractivity contribution in [2.24, 2.45) is 0 Å². The van der Waals surface area contributed by atoms with Crippen LogP contribution in [-0.4, -0.2) is 36.6 Å². The SMILES string of the molecule is Cc1ccc(OCCNC(=O)COC(=O)c2ccc([N+](=O)[O-])c(C)c2)c(C)c1. The highest BCUT2D eigenvalue weighted by molar-refractivity contribution is 5.91. The Bertz CT molecular complexity index is 894. The van der Waals surface area contributed by atoms with Gasteiger partial charge in [-0.25, -0.2) is 4.79 Å². The average Bonchev–Trinajstić information content (AvgIpc) is 2.64. The predicted molar refractivity (Wildman–Crippen MR) is 103 cm³/mol. The summed E-state index contributed by atoms with van der Waals surface area (Å²) in [5, 5.41) is 13.4. The van der Waals surface area contributed by atoms with E-state index in [9.17, 15) is 19.7 Å². The molecule has 8 nitrogen and oxygen atoms in total. The predicted octanol–water partition coefficient (Wildman–Crippen LogP) is 2.87. The number of amides is 1. The smallest absolute Gasteiger partial charge is 0.338 e. The zero-order chi connectivity index (χ0) is 20.7. The van der Waals surface area contributed by atoms with E-state index in [1.807, 2.05) is 32.0 Å². The number of carbonyl (C=O) groups excluding carboxylic acids is 2. The summed E-state index contributed by atoms with van der Waals surface area (Å²) in [6.07, 6.45) is 0. The van der Waals surface area contributed by atoms with Crippen LogP contribution in [0, 0.1) is 30.9 Å². The lowest BCUT2D eigenvalue weighted by Crippen LogP contribution is -2.32. The molecular weight excluding hydrogens is 364 g/mol. The van der Waals surface area contributed by atoms with E-state index < -0.39 is 23.4 Å². The Kier molecular flexibility index (Phi) is 7.08. The zero-order valence-corrected chi connectivity index (χ0v) is 16.0. The Morgan fingerprint density at radius 2 is 1.82 bits per heavy atom. The number of nitrogens with zero attached hydrogens (tertiary/aromatic N) is 1. The van der Waals surface area contributed by atoms with Crippen molar-refractivity contribution in [3.63, 3.8) is 0 Å². The van der Waals surface area contributed by atoms with Gasteiger partial charge in [-0.2, -0.15) is 0 Å². The van der Waals surface area contributed by atoms with Crippen LogP contribution in [0.25, 0.3) is 0 Å². The third-order valence-electron chi connectivity index (χ3n) is 3.98. The minimum absolute atomic E-state index is 0.0851. The van der Waals surface area contributed by atoms with Crippen molar-refractivity contribution in [1.82, 2.24) is 5.32 Å². The van der Waals surface area contributed by atoms with E-state index in [0.29, 0.717) is 5.56 Å². The normalized spacial score (nSPS) is 10.2. The molecule has 0 unspecified atom stereocenters. The van der Waals surface area contributed by atoms with Gasteiger partial charge in [0.1, 0.15) is 12.4 Å². The molecule has 2 rings (SSSR count). The maximum atomic E-state index is 12.0. The number of nitro groups is 1. The fourth-order valence-corrected chi connectivity index (χ4v) is 2.57. The Balaban J connectivity index is 1.74. The van der Waals surface area contributed by atoms with Gasteiger partial charge in [0.2, 0.25) is 0 Å². The number of benzene rings is 2. The van der Waals surface area contributed by atoms with E-state index >= 15 is 0 Å². The molecule has 2 aromatic rings. The van der Waals surface area contributed by atoms with Gasteiger partial charge in [-0.05, 0) is 44.5 Å². The molecule has 0 saturated carbocycles. The van der Waals surface area contributed by atoms with Gasteiger partial charge >= 0.3 is 5.97 Å². The van der Waals surface area contributed by atoms with Gasteiger partial charge in [0, 0.05) is 11.6 Å². The van der Waals surface area contributed by atoms with Gasteiger partial charge in [-0.15, -0.1) is 0 Å². The molecule has 0 aliphatic carbocycles. The van der Waals surface area contributed by atoms with Gasteiger partial charge in [-0.3, -0.25) is 14.9 Å². The second kappa shape index (κ2) is 9.50. The molecule has 1 amide bonds. The number of carbonyl (C=O) groups is 2. The van der Waals surface area contributed by atoms with Gasteiger partial charge in [0.05, 0.1) is 17.0 Å². The Morgan fingerprint density at radius 1 is 1.07 bits per heavy atom. The highest BCUT2D eigenvalue weighted by atomic mass is 16.6. The first-order chi connectivity index (χ1) is 13.3. The molecule has 8 heteroatoms. The van der Waals surface area contributed by atoms with Crippen LogP contribution in [0.15, 0.2) is 36.4 Å². The Hall–Kier alpha value is -3.42. The van der Waals surface area contributed by atoms with Crippen molar-refractivity contribution in [2.45, 2.75) is 20.8 Å². The average molecular weight is 386 g/mol. The molecule has 0 aliphatic rings. The first-order valence-electron chi connectivity index (χ1n) is 8.67. The topological polar surface area (TPSA) is 108 Å². The lowest BCUT2D eigenvalue weighted by molar-refractivity contribution is -0.385. The molecule has 0 atom stereocenters. The van der Waals surface area contributed by atoms with E-state index in [4.69, 9.17) is 9.47 Å². The number of nitrogens with one attached hydrogen (secondary N) is 1. The van der Waals surface area contributed by atoms with Crippen molar-refractivity contribution in [2.75, 3.05) is 19.8 Å². The van der Waals surface area contributed by atoms with Crippen molar-refractivity contribution in [3.8, 4) is 5.75 Å². The van der Waals surface area contributed by atoms with Crippen LogP contribution in [-0.2, 0) is 9.53 Å². The van der Waals surface area contributed by atoms with Crippen LogP contribution in [0.2, 0.25) is 0 Å². The first kappa shape index (κ1) is 20.9. The number of ether oxygens (including phenoxy) is 2. The monoisotopic (exact) mass is 386 g/mol. The quantitative estimate of drug-likeness (QED) is 0.323. The van der Waals surface area contributed by atoms with Crippen LogP contribution in [0.3, 0.4) is 0 Å². The summed E-state index contributed by atoms with van der Waals surface area (Å²) in [6.45, 7) is 5.57. The molecule has 0 bridgehead atoms. The molecular formula is C20H22N2O6. The summed E-state index contributed by atoms with van der Waals surface area (Å²) in [7, 11) is 0. The van der Waals surface area contributed by atoms with Crippen LogP contribution >= 0.6 is 0 Å². The van der Waals surface area contributed by atoms with Crippen molar-refractivity contribution < 1.29 is 24.0 Å². The van der Waals surface area contributed by atoms with Gasteiger partial charge in [0.15, 0.2) is 6.61 Å². The summed E-state index contributed by atoms with van der Waals surface area (Å²) in [5.74, 6) is -0.435. The summed E-state index contributed by atoms with van der Waals surface area (Å²) < 4.78 is 10.5. The molecule has 0 radical (unpaired) electrons. The summed E-state index contributed by atoms with van der Waals surface area (Å²) in [4.78, 5) is 34.0. The minimum atomic E-state index is -0.723. The van der Waals surface area contributed by atoms with Gasteiger partial charge in [0.25, 0.3) is 11.6 Å². The molecule has 1 N–H and O–H groups in total. The number of nitro benzene ring substituents is 1. The highest BCUT2D eigenvalue weighted by Crippen LogP contribution is 2.19. The van der Waals surface area contributed by atoms with Crippen LogP contribution in [0.5, 0.6) is 5.75 Å². The summed E-state index contributed by atoms with van der Waals surface area (Å²) in [6, 6.07) is 9.71. The number of esters is 1. The van der Waals surface area contributed by atoms with E-state index in [1.165, 1.54) is 25.1 Å². The number of aryl methyl sites for hydroxylation is 3. The minimum Gasteiger partial charge on any atom is -0.491 e. The lowest BCUT2D eigenvalue weighted by atomic mass is 10.1. The first-order valence-corrected chi connectivity index (χ1v) is 8.67. The number of hydrogen-bond acceptors (Lipinski definition) is 6. The maximum absolute atomic E-state index is 12.0. The Morgan fingerprint density at radius 3 is 2.46 bits per heavy atom. The van der Waals surface area contributed by atoms with E-state index in [1.54, 1.807) is 0 Å². The van der Waals surface area contributed by atoms with E-state index in [0.717, 1.165) is 16.9 Å². The molecule has 148 valence electrons. The lowest BCUT2D eigenvalue weighted by Gasteiger charge is -2.11. The van der Waals surface area contributed by atoms with Gasteiger partial charge < -0.3 is 14.8 Å². The molecule has 0 aliphatic heterocycles. The molecule has 2 aromatic carbocycles. The van der Waals surface area contributed by atoms with E-state index in [-0.39, 0.29) is 24.4 Å². The molecule has 0 spiro atoms. The van der Waals surface area contributed by atoms with E-state index in [2.05, 4.69) is 5.32 Å². The zero-order valence-electron chi connectivity index (χ0n) is 16.0. The fourth-order valence-electron chi connectivity index (χ4n) is 2.57.